The monoisotopic (exact) mass is 255 g/mol. The number of carbonyl (C=O) groups is 1. The van der Waals surface area contributed by atoms with Crippen molar-refractivity contribution in [3.8, 4) is 0 Å². The van der Waals surface area contributed by atoms with Gasteiger partial charge in [-0.2, -0.15) is 0 Å². The first-order valence-electron chi connectivity index (χ1n) is 7.69. The summed E-state index contributed by atoms with van der Waals surface area (Å²) in [5.41, 5.74) is 5.49. The van der Waals surface area contributed by atoms with Crippen LogP contribution in [0.1, 0.15) is 85.5 Å². The van der Waals surface area contributed by atoms with E-state index in [4.69, 9.17) is 5.73 Å². The van der Waals surface area contributed by atoms with Crippen LogP contribution in [0.25, 0.3) is 0 Å². The van der Waals surface area contributed by atoms with E-state index in [-0.39, 0.29) is 17.2 Å². The zero-order valence-electron chi connectivity index (χ0n) is 12.9. The number of hydrogen-bond acceptors (Lipinski definition) is 1. The Balaban J connectivity index is 3.60. The fourth-order valence-electron chi connectivity index (χ4n) is 2.48. The molecule has 0 aromatic carbocycles. The van der Waals surface area contributed by atoms with E-state index in [1.54, 1.807) is 0 Å². The van der Waals surface area contributed by atoms with E-state index in [2.05, 4.69) is 27.7 Å². The molecule has 0 radical (unpaired) electrons. The second-order valence-corrected chi connectivity index (χ2v) is 6.58. The molecule has 2 N–H and O–H groups in total. The minimum absolute atomic E-state index is 0.00690. The zero-order chi connectivity index (χ0) is 14.0. The molecule has 0 saturated heterocycles. The van der Waals surface area contributed by atoms with Crippen molar-refractivity contribution < 1.29 is 4.79 Å². The van der Waals surface area contributed by atoms with Crippen molar-refractivity contribution in [1.29, 1.82) is 0 Å². The first kappa shape index (κ1) is 17.5. The second-order valence-electron chi connectivity index (χ2n) is 6.58. The lowest BCUT2D eigenvalue weighted by Gasteiger charge is -2.27. The molecule has 0 aliphatic heterocycles. The summed E-state index contributed by atoms with van der Waals surface area (Å²) < 4.78 is 0. The number of nitrogens with two attached hydrogens (primary N) is 1. The maximum absolute atomic E-state index is 11.4. The van der Waals surface area contributed by atoms with Crippen LogP contribution >= 0.6 is 0 Å². The van der Waals surface area contributed by atoms with Crippen LogP contribution in [-0.2, 0) is 4.79 Å². The summed E-state index contributed by atoms with van der Waals surface area (Å²) in [6.45, 7) is 8.56. The Morgan fingerprint density at radius 2 is 1.39 bits per heavy atom. The minimum atomic E-state index is -0.134. The van der Waals surface area contributed by atoms with Crippen molar-refractivity contribution in [2.75, 3.05) is 0 Å². The van der Waals surface area contributed by atoms with Gasteiger partial charge >= 0.3 is 0 Å². The van der Waals surface area contributed by atoms with E-state index in [9.17, 15) is 4.79 Å². The molecular formula is C16H33NO. The summed E-state index contributed by atoms with van der Waals surface area (Å²) in [6, 6.07) is 0. The average molecular weight is 255 g/mol. The Morgan fingerprint density at radius 3 is 1.78 bits per heavy atom. The van der Waals surface area contributed by atoms with Gasteiger partial charge in [0.15, 0.2) is 0 Å². The van der Waals surface area contributed by atoms with Gasteiger partial charge in [0.25, 0.3) is 0 Å². The molecule has 1 atom stereocenters. The van der Waals surface area contributed by atoms with Gasteiger partial charge in [0, 0.05) is 5.92 Å². The van der Waals surface area contributed by atoms with Gasteiger partial charge in [-0.25, -0.2) is 0 Å². The number of amides is 1. The van der Waals surface area contributed by atoms with Crippen molar-refractivity contribution >= 4 is 5.91 Å². The van der Waals surface area contributed by atoms with E-state index in [1.807, 2.05) is 0 Å². The molecule has 0 spiro atoms. The van der Waals surface area contributed by atoms with Crippen molar-refractivity contribution in [3.63, 3.8) is 0 Å². The molecule has 0 aliphatic carbocycles. The van der Waals surface area contributed by atoms with Crippen LogP contribution in [0.4, 0.5) is 0 Å². The predicted molar refractivity (Wildman–Crippen MR) is 79.4 cm³/mol. The summed E-state index contributed by atoms with van der Waals surface area (Å²) >= 11 is 0. The smallest absolute Gasteiger partial charge is 0.221 e. The molecule has 0 fully saturated rings. The summed E-state index contributed by atoms with van der Waals surface area (Å²) in [7, 11) is 0. The van der Waals surface area contributed by atoms with Crippen LogP contribution in [0.5, 0.6) is 0 Å². The summed E-state index contributed by atoms with van der Waals surface area (Å²) in [5, 5.41) is 0. The Bertz CT molecular complexity index is 218. The Hall–Kier alpha value is -0.530. The summed E-state index contributed by atoms with van der Waals surface area (Å²) in [5.74, 6) is -0.108. The third kappa shape index (κ3) is 8.54. The van der Waals surface area contributed by atoms with Crippen LogP contribution in [0.15, 0.2) is 0 Å². The summed E-state index contributed by atoms with van der Waals surface area (Å²) in [6.07, 6.45) is 11.4. The molecule has 0 aromatic heterocycles. The highest BCUT2D eigenvalue weighted by molar-refractivity contribution is 5.77. The molecule has 2 nitrogen and oxygen atoms in total. The fourth-order valence-corrected chi connectivity index (χ4v) is 2.48. The second kappa shape index (κ2) is 9.41. The van der Waals surface area contributed by atoms with Gasteiger partial charge in [0.05, 0.1) is 0 Å². The van der Waals surface area contributed by atoms with Crippen LogP contribution in [0.2, 0.25) is 0 Å². The van der Waals surface area contributed by atoms with E-state index >= 15 is 0 Å². The highest BCUT2D eigenvalue weighted by Crippen LogP contribution is 2.30. The molecule has 2 heteroatoms. The Labute approximate surface area is 114 Å². The maximum atomic E-state index is 11.4. The lowest BCUT2D eigenvalue weighted by atomic mass is 9.77. The predicted octanol–water partition coefficient (Wildman–Crippen LogP) is 4.66. The van der Waals surface area contributed by atoms with Gasteiger partial charge < -0.3 is 5.73 Å². The van der Waals surface area contributed by atoms with Crippen LogP contribution in [0.3, 0.4) is 0 Å². The van der Waals surface area contributed by atoms with E-state index in [0.29, 0.717) is 0 Å². The lowest BCUT2D eigenvalue weighted by molar-refractivity contribution is -0.125. The quantitative estimate of drug-likeness (QED) is 0.567. The molecule has 0 aliphatic rings. The van der Waals surface area contributed by atoms with Crippen molar-refractivity contribution in [2.45, 2.75) is 85.5 Å². The molecule has 0 rings (SSSR count). The first-order chi connectivity index (χ1) is 8.39. The molecule has 1 unspecified atom stereocenters. The SMILES string of the molecule is CCCCCCCCCCC(C(N)=O)C(C)(C)C. The highest BCUT2D eigenvalue weighted by atomic mass is 16.1. The average Bonchev–Trinajstić information content (AvgIpc) is 2.24. The van der Waals surface area contributed by atoms with Gasteiger partial charge in [-0.15, -0.1) is 0 Å². The first-order valence-corrected chi connectivity index (χ1v) is 7.69. The van der Waals surface area contributed by atoms with Crippen LogP contribution in [-0.4, -0.2) is 5.91 Å². The minimum Gasteiger partial charge on any atom is -0.369 e. The number of unbranched alkanes of at least 4 members (excludes halogenated alkanes) is 7. The van der Waals surface area contributed by atoms with Gasteiger partial charge in [-0.1, -0.05) is 79.1 Å². The molecule has 1 amide bonds. The topological polar surface area (TPSA) is 43.1 Å². The molecule has 0 heterocycles. The third-order valence-corrected chi connectivity index (χ3v) is 3.74. The van der Waals surface area contributed by atoms with Crippen molar-refractivity contribution in [1.82, 2.24) is 0 Å². The van der Waals surface area contributed by atoms with Gasteiger partial charge in [-0.05, 0) is 11.8 Å². The molecule has 0 bridgehead atoms. The Kier molecular flexibility index (Phi) is 9.13. The number of rotatable bonds is 10. The molecule has 108 valence electrons. The zero-order valence-corrected chi connectivity index (χ0v) is 12.9. The lowest BCUT2D eigenvalue weighted by Crippen LogP contribution is -2.33. The maximum Gasteiger partial charge on any atom is 0.221 e. The molecule has 0 aromatic rings. The van der Waals surface area contributed by atoms with Gasteiger partial charge in [0.1, 0.15) is 0 Å². The van der Waals surface area contributed by atoms with Crippen molar-refractivity contribution in [2.24, 2.45) is 17.1 Å². The van der Waals surface area contributed by atoms with Crippen LogP contribution in [0, 0.1) is 11.3 Å². The van der Waals surface area contributed by atoms with Gasteiger partial charge in [0.2, 0.25) is 5.91 Å². The third-order valence-electron chi connectivity index (χ3n) is 3.74. The number of hydrogen-bond donors (Lipinski definition) is 1. The molecular weight excluding hydrogens is 222 g/mol. The number of primary amides is 1. The van der Waals surface area contributed by atoms with Gasteiger partial charge in [-0.3, -0.25) is 4.79 Å². The highest BCUT2D eigenvalue weighted by Gasteiger charge is 2.28. The van der Waals surface area contributed by atoms with E-state index in [1.165, 1.54) is 44.9 Å². The van der Waals surface area contributed by atoms with Crippen LogP contribution < -0.4 is 5.73 Å². The largest absolute Gasteiger partial charge is 0.369 e. The molecule has 18 heavy (non-hydrogen) atoms. The van der Waals surface area contributed by atoms with Crippen molar-refractivity contribution in [3.05, 3.63) is 0 Å². The Morgan fingerprint density at radius 1 is 0.944 bits per heavy atom. The fraction of sp³-hybridized carbons (Fsp3) is 0.938. The standard InChI is InChI=1S/C16H33NO/c1-5-6-7-8-9-10-11-12-13-14(15(17)18)16(2,3)4/h14H,5-13H2,1-4H3,(H2,17,18). The van der Waals surface area contributed by atoms with E-state index in [0.717, 1.165) is 12.8 Å². The number of carbonyl (C=O) groups excluding carboxylic acids is 1. The van der Waals surface area contributed by atoms with E-state index < -0.39 is 0 Å². The molecule has 0 saturated carbocycles. The normalized spacial score (nSPS) is 13.6. The summed E-state index contributed by atoms with van der Waals surface area (Å²) in [4.78, 5) is 11.4.